The van der Waals surface area contributed by atoms with Crippen LogP contribution in [0, 0.1) is 0 Å². The average Bonchev–Trinajstić information content (AvgIpc) is 2.30. The van der Waals surface area contributed by atoms with Crippen molar-refractivity contribution in [2.75, 3.05) is 0 Å². The number of hydrogen-bond acceptors (Lipinski definition) is 7. The maximum absolute atomic E-state index is 10.9. The summed E-state index contributed by atoms with van der Waals surface area (Å²) in [6.45, 7) is 0. The second kappa shape index (κ2) is 7.67. The standard InChI is InChI=1S/C7H12N4O7/c8-6(15)10-17-4(13)2-1-3(12)5(14)18-11-7(9)16/h3,12H,1-2H2,(H3,8,10,15)(H3,9,11,16)/t3-/m1/s1. The van der Waals surface area contributed by atoms with Crippen LogP contribution in [0.25, 0.3) is 0 Å². The van der Waals surface area contributed by atoms with E-state index in [1.54, 1.807) is 5.48 Å². The van der Waals surface area contributed by atoms with Gasteiger partial charge in [0.25, 0.3) is 0 Å². The molecule has 11 nitrogen and oxygen atoms in total. The molecule has 0 aliphatic carbocycles. The Morgan fingerprint density at radius 1 is 1.06 bits per heavy atom. The molecule has 0 aromatic rings. The summed E-state index contributed by atoms with van der Waals surface area (Å²) in [6.07, 6.45) is -2.41. The Morgan fingerprint density at radius 3 is 2.06 bits per heavy atom. The molecule has 0 heterocycles. The van der Waals surface area contributed by atoms with Gasteiger partial charge in [0.15, 0.2) is 6.10 Å². The van der Waals surface area contributed by atoms with Gasteiger partial charge in [0, 0.05) is 0 Å². The topological polar surface area (TPSA) is 183 Å². The van der Waals surface area contributed by atoms with Crippen molar-refractivity contribution in [1.29, 1.82) is 0 Å². The number of aliphatic hydroxyl groups is 1. The number of carbonyl (C=O) groups excluding carboxylic acids is 4. The van der Waals surface area contributed by atoms with E-state index in [1.807, 2.05) is 0 Å². The first-order valence-electron chi connectivity index (χ1n) is 4.52. The van der Waals surface area contributed by atoms with Gasteiger partial charge in [-0.15, -0.1) is 0 Å². The van der Waals surface area contributed by atoms with Gasteiger partial charge in [-0.25, -0.2) is 19.2 Å². The summed E-state index contributed by atoms with van der Waals surface area (Å²) in [7, 11) is 0. The van der Waals surface area contributed by atoms with Gasteiger partial charge in [0.1, 0.15) is 0 Å². The summed E-state index contributed by atoms with van der Waals surface area (Å²) in [5.74, 6) is -2.13. The molecule has 102 valence electrons. The van der Waals surface area contributed by atoms with Crippen LogP contribution in [-0.2, 0) is 19.3 Å². The molecule has 0 aliphatic rings. The van der Waals surface area contributed by atoms with Gasteiger partial charge in [0.05, 0.1) is 6.42 Å². The lowest BCUT2D eigenvalue weighted by atomic mass is 10.2. The van der Waals surface area contributed by atoms with Gasteiger partial charge < -0.3 is 26.2 Å². The first kappa shape index (κ1) is 15.4. The summed E-state index contributed by atoms with van der Waals surface area (Å²) in [5, 5.41) is 9.17. The summed E-state index contributed by atoms with van der Waals surface area (Å²) >= 11 is 0. The first-order valence-corrected chi connectivity index (χ1v) is 4.52. The molecule has 11 heteroatoms. The Morgan fingerprint density at radius 2 is 1.56 bits per heavy atom. The Balaban J connectivity index is 3.84. The minimum absolute atomic E-state index is 0.349. The van der Waals surface area contributed by atoms with Crippen LogP contribution < -0.4 is 22.4 Å². The Labute approximate surface area is 100 Å². The van der Waals surface area contributed by atoms with E-state index in [-0.39, 0.29) is 6.42 Å². The van der Waals surface area contributed by atoms with E-state index in [9.17, 15) is 24.3 Å². The molecule has 18 heavy (non-hydrogen) atoms. The lowest BCUT2D eigenvalue weighted by Gasteiger charge is -2.09. The highest BCUT2D eigenvalue weighted by Crippen LogP contribution is 2.00. The van der Waals surface area contributed by atoms with Crippen LogP contribution >= 0.6 is 0 Å². The zero-order valence-electron chi connectivity index (χ0n) is 9.04. The molecule has 0 saturated heterocycles. The van der Waals surface area contributed by atoms with Crippen molar-refractivity contribution < 1.29 is 34.0 Å². The minimum atomic E-state index is -1.67. The fourth-order valence-corrected chi connectivity index (χ4v) is 0.699. The Hall–Kier alpha value is -2.56. The lowest BCUT2D eigenvalue weighted by Crippen LogP contribution is -2.36. The molecule has 0 fully saturated rings. The maximum Gasteiger partial charge on any atom is 0.360 e. The molecular formula is C7H12N4O7. The number of amides is 4. The number of nitrogens with one attached hydrogen (secondary N) is 2. The van der Waals surface area contributed by atoms with Crippen molar-refractivity contribution in [3.05, 3.63) is 0 Å². The Kier molecular flexibility index (Phi) is 6.58. The number of hydrogen-bond donors (Lipinski definition) is 5. The minimum Gasteiger partial charge on any atom is -0.381 e. The third-order valence-electron chi connectivity index (χ3n) is 1.41. The molecule has 0 radical (unpaired) electrons. The van der Waals surface area contributed by atoms with Crippen LogP contribution in [0.1, 0.15) is 12.8 Å². The van der Waals surface area contributed by atoms with Gasteiger partial charge >= 0.3 is 24.0 Å². The summed E-state index contributed by atoms with van der Waals surface area (Å²) in [5.41, 5.74) is 12.3. The first-order chi connectivity index (χ1) is 8.32. The number of carbonyl (C=O) groups is 4. The molecule has 0 rings (SSSR count). The van der Waals surface area contributed by atoms with E-state index in [4.69, 9.17) is 0 Å². The third kappa shape index (κ3) is 7.70. The zero-order chi connectivity index (χ0) is 14.1. The predicted octanol–water partition coefficient (Wildman–Crippen LogP) is -2.62. The monoisotopic (exact) mass is 264 g/mol. The van der Waals surface area contributed by atoms with Crippen LogP contribution in [0.2, 0.25) is 0 Å². The predicted molar refractivity (Wildman–Crippen MR) is 52.9 cm³/mol. The summed E-state index contributed by atoms with van der Waals surface area (Å²) in [6, 6.07) is -2.20. The quantitative estimate of drug-likeness (QED) is 0.344. The number of urea groups is 2. The average molecular weight is 264 g/mol. The van der Waals surface area contributed by atoms with E-state index in [0.717, 1.165) is 0 Å². The molecule has 0 unspecified atom stereocenters. The van der Waals surface area contributed by atoms with Crippen molar-refractivity contribution in [2.24, 2.45) is 11.5 Å². The molecule has 0 spiro atoms. The molecular weight excluding hydrogens is 252 g/mol. The van der Waals surface area contributed by atoms with Crippen molar-refractivity contribution in [1.82, 2.24) is 11.0 Å². The van der Waals surface area contributed by atoms with Crippen LogP contribution in [0.5, 0.6) is 0 Å². The molecule has 0 aromatic carbocycles. The number of nitrogens with two attached hydrogens (primary N) is 2. The second-order valence-electron chi connectivity index (χ2n) is 2.88. The number of primary amides is 2. The molecule has 1 atom stereocenters. The lowest BCUT2D eigenvalue weighted by molar-refractivity contribution is -0.160. The number of hydroxylamine groups is 2. The second-order valence-corrected chi connectivity index (χ2v) is 2.88. The van der Waals surface area contributed by atoms with E-state index in [2.05, 4.69) is 21.1 Å². The fourth-order valence-electron chi connectivity index (χ4n) is 0.699. The van der Waals surface area contributed by atoms with Crippen LogP contribution in [0.15, 0.2) is 0 Å². The van der Waals surface area contributed by atoms with Gasteiger partial charge in [0.2, 0.25) is 0 Å². The van der Waals surface area contributed by atoms with Crippen molar-refractivity contribution in [3.63, 3.8) is 0 Å². The van der Waals surface area contributed by atoms with Gasteiger partial charge in [-0.1, -0.05) is 0 Å². The molecule has 0 bridgehead atoms. The van der Waals surface area contributed by atoms with E-state index in [1.165, 1.54) is 5.48 Å². The fraction of sp³-hybridized carbons (Fsp3) is 0.429. The molecule has 0 aliphatic heterocycles. The Bertz CT molecular complexity index is 345. The van der Waals surface area contributed by atoms with Gasteiger partial charge in [-0.2, -0.15) is 11.0 Å². The van der Waals surface area contributed by atoms with Gasteiger partial charge in [-0.3, -0.25) is 0 Å². The highest BCUT2D eigenvalue weighted by atomic mass is 16.7. The molecule has 0 aromatic heterocycles. The van der Waals surface area contributed by atoms with Crippen molar-refractivity contribution >= 4 is 24.0 Å². The zero-order valence-corrected chi connectivity index (χ0v) is 9.04. The highest BCUT2D eigenvalue weighted by Gasteiger charge is 2.19. The summed E-state index contributed by atoms with van der Waals surface area (Å²) in [4.78, 5) is 50.3. The maximum atomic E-state index is 10.9. The van der Waals surface area contributed by atoms with E-state index >= 15 is 0 Å². The van der Waals surface area contributed by atoms with Crippen LogP contribution in [-0.4, -0.2) is 35.2 Å². The van der Waals surface area contributed by atoms with Crippen LogP contribution in [0.4, 0.5) is 9.59 Å². The number of aliphatic hydroxyl groups excluding tert-OH is 1. The van der Waals surface area contributed by atoms with E-state index < -0.39 is 36.5 Å². The number of rotatable bonds is 4. The highest BCUT2D eigenvalue weighted by molar-refractivity contribution is 5.79. The third-order valence-corrected chi connectivity index (χ3v) is 1.41. The van der Waals surface area contributed by atoms with Crippen molar-refractivity contribution in [2.45, 2.75) is 18.9 Å². The largest absolute Gasteiger partial charge is 0.381 e. The van der Waals surface area contributed by atoms with Crippen molar-refractivity contribution in [3.8, 4) is 0 Å². The normalized spacial score (nSPS) is 10.9. The molecule has 4 amide bonds. The van der Waals surface area contributed by atoms with Gasteiger partial charge in [-0.05, 0) is 6.42 Å². The summed E-state index contributed by atoms with van der Waals surface area (Å²) < 4.78 is 0. The van der Waals surface area contributed by atoms with E-state index in [0.29, 0.717) is 0 Å². The molecule has 7 N–H and O–H groups in total. The SMILES string of the molecule is NC(=O)NOC(=O)CC[C@@H](O)C(=O)ONC(N)=O. The smallest absolute Gasteiger partial charge is 0.360 e. The molecule has 0 saturated carbocycles. The van der Waals surface area contributed by atoms with Crippen LogP contribution in [0.3, 0.4) is 0 Å².